The number of aromatic nitrogens is 1. The molecule has 3 rings (SSSR count). The SMILES string of the molecule is CCN(C(=O)c1c(O)c2c(Cl)cccc2n(C)c1=O)c1ccccc1.CNC[C@H](O)[C@@H](O)[C@H](O)[C@H](O)CO. The quantitative estimate of drug-likeness (QED) is 0.196. The highest BCUT2D eigenvalue weighted by molar-refractivity contribution is 6.36. The van der Waals surface area contributed by atoms with Crippen LogP contribution in [-0.4, -0.2) is 92.3 Å². The lowest BCUT2D eigenvalue weighted by Crippen LogP contribution is -2.48. The van der Waals surface area contributed by atoms with Crippen molar-refractivity contribution in [1.29, 1.82) is 0 Å². The summed E-state index contributed by atoms with van der Waals surface area (Å²) >= 11 is 6.19. The van der Waals surface area contributed by atoms with Crippen molar-refractivity contribution >= 4 is 34.1 Å². The molecule has 11 nitrogen and oxygen atoms in total. The molecule has 12 heteroatoms. The summed E-state index contributed by atoms with van der Waals surface area (Å²) in [6.07, 6.45) is -5.65. The van der Waals surface area contributed by atoms with E-state index >= 15 is 0 Å². The Hall–Kier alpha value is -3.03. The second-order valence-electron chi connectivity index (χ2n) is 8.46. The first kappa shape index (κ1) is 31.2. The lowest BCUT2D eigenvalue weighted by atomic mass is 10.0. The zero-order valence-corrected chi connectivity index (χ0v) is 22.1. The zero-order chi connectivity index (χ0) is 28.6. The van der Waals surface area contributed by atoms with E-state index in [4.69, 9.17) is 32.0 Å². The molecule has 0 unspecified atom stereocenters. The Bertz CT molecular complexity index is 1270. The molecule has 7 N–H and O–H groups in total. The van der Waals surface area contributed by atoms with Crippen molar-refractivity contribution in [3.63, 3.8) is 0 Å². The summed E-state index contributed by atoms with van der Waals surface area (Å²) in [4.78, 5) is 27.2. The first-order valence-electron chi connectivity index (χ1n) is 11.9. The van der Waals surface area contributed by atoms with Gasteiger partial charge >= 0.3 is 0 Å². The summed E-state index contributed by atoms with van der Waals surface area (Å²) in [5.74, 6) is -0.947. The number of pyridine rings is 1. The van der Waals surface area contributed by atoms with Gasteiger partial charge < -0.3 is 45.4 Å². The lowest BCUT2D eigenvalue weighted by molar-refractivity contribution is -0.113. The van der Waals surface area contributed by atoms with E-state index < -0.39 is 42.5 Å². The minimum absolute atomic E-state index is 0.0936. The maximum Gasteiger partial charge on any atom is 0.267 e. The third kappa shape index (κ3) is 6.88. The Morgan fingerprint density at radius 1 is 1.03 bits per heavy atom. The zero-order valence-electron chi connectivity index (χ0n) is 21.3. The maximum absolute atomic E-state index is 13.0. The molecule has 0 saturated heterocycles. The fourth-order valence-electron chi connectivity index (χ4n) is 3.80. The number of para-hydroxylation sites is 1. The molecule has 0 saturated carbocycles. The van der Waals surface area contributed by atoms with E-state index in [0.717, 1.165) is 0 Å². The normalized spacial score (nSPS) is 14.2. The predicted octanol–water partition coefficient (Wildman–Crippen LogP) is 0.206. The summed E-state index contributed by atoms with van der Waals surface area (Å²) in [7, 11) is 3.13. The Kier molecular flexibility index (Phi) is 11.7. The molecule has 0 spiro atoms. The molecule has 0 aliphatic rings. The average Bonchev–Trinajstić information content (AvgIpc) is 2.92. The van der Waals surface area contributed by atoms with Crippen molar-refractivity contribution in [2.45, 2.75) is 31.3 Å². The number of likely N-dealkylation sites (N-methyl/N-ethyl adjacent to an activating group) is 1. The second kappa shape index (κ2) is 14.2. The molecule has 0 bridgehead atoms. The molecule has 0 fully saturated rings. The highest BCUT2D eigenvalue weighted by atomic mass is 35.5. The van der Waals surface area contributed by atoms with Gasteiger partial charge in [0.05, 0.1) is 28.6 Å². The topological polar surface area (TPSA) is 176 Å². The second-order valence-corrected chi connectivity index (χ2v) is 8.87. The molecular weight excluding hydrogens is 518 g/mol. The van der Waals surface area contributed by atoms with Crippen LogP contribution in [0.25, 0.3) is 10.9 Å². The number of aryl methyl sites for hydroxylation is 1. The summed E-state index contributed by atoms with van der Waals surface area (Å²) in [6, 6.07) is 14.0. The van der Waals surface area contributed by atoms with Crippen LogP contribution in [0.15, 0.2) is 53.3 Å². The molecule has 0 aliphatic heterocycles. The fraction of sp³-hybridized carbons (Fsp3) is 0.385. The van der Waals surface area contributed by atoms with Crippen LogP contribution in [0.2, 0.25) is 5.02 Å². The first-order valence-corrected chi connectivity index (χ1v) is 12.2. The molecular formula is C26H34ClN3O8. The van der Waals surface area contributed by atoms with Gasteiger partial charge in [0.2, 0.25) is 0 Å². The third-order valence-corrected chi connectivity index (χ3v) is 6.24. The van der Waals surface area contributed by atoms with Gasteiger partial charge in [0, 0.05) is 25.8 Å². The predicted molar refractivity (Wildman–Crippen MR) is 145 cm³/mol. The fourth-order valence-corrected chi connectivity index (χ4v) is 4.06. The Morgan fingerprint density at radius 2 is 1.63 bits per heavy atom. The number of aliphatic hydroxyl groups excluding tert-OH is 5. The molecule has 208 valence electrons. The van der Waals surface area contributed by atoms with Crippen LogP contribution in [0.4, 0.5) is 5.69 Å². The van der Waals surface area contributed by atoms with Gasteiger partial charge in [-0.15, -0.1) is 0 Å². The van der Waals surface area contributed by atoms with Gasteiger partial charge in [-0.2, -0.15) is 0 Å². The van der Waals surface area contributed by atoms with Crippen LogP contribution in [0.5, 0.6) is 5.75 Å². The maximum atomic E-state index is 13.0. The Balaban J connectivity index is 0.000000332. The van der Waals surface area contributed by atoms with Crippen LogP contribution in [0, 0.1) is 0 Å². The van der Waals surface area contributed by atoms with E-state index in [2.05, 4.69) is 5.32 Å². The van der Waals surface area contributed by atoms with Crippen molar-refractivity contribution in [1.82, 2.24) is 9.88 Å². The molecule has 2 aromatic carbocycles. The van der Waals surface area contributed by atoms with E-state index in [1.807, 2.05) is 6.07 Å². The highest BCUT2D eigenvalue weighted by Crippen LogP contribution is 2.33. The number of carbonyl (C=O) groups is 1. The van der Waals surface area contributed by atoms with Gasteiger partial charge in [-0.1, -0.05) is 35.9 Å². The van der Waals surface area contributed by atoms with Gasteiger partial charge in [0.1, 0.15) is 29.6 Å². The van der Waals surface area contributed by atoms with Crippen molar-refractivity contribution in [3.8, 4) is 5.75 Å². The number of benzene rings is 2. The third-order valence-electron chi connectivity index (χ3n) is 5.93. The number of fused-ring (bicyclic) bond motifs is 1. The molecule has 4 atom stereocenters. The van der Waals surface area contributed by atoms with Gasteiger partial charge in [0.25, 0.3) is 11.5 Å². The number of halogens is 1. The lowest BCUT2D eigenvalue weighted by Gasteiger charge is -2.25. The summed E-state index contributed by atoms with van der Waals surface area (Å²) in [5, 5.41) is 58.7. The number of nitrogens with zero attached hydrogens (tertiary/aromatic N) is 2. The van der Waals surface area contributed by atoms with Crippen molar-refractivity contribution < 1.29 is 35.4 Å². The van der Waals surface area contributed by atoms with Crippen LogP contribution in [-0.2, 0) is 7.05 Å². The molecule has 0 radical (unpaired) electrons. The summed E-state index contributed by atoms with van der Waals surface area (Å²) in [6.45, 7) is 1.59. The minimum atomic E-state index is -1.55. The smallest absolute Gasteiger partial charge is 0.267 e. The molecule has 1 aromatic heterocycles. The van der Waals surface area contributed by atoms with E-state index in [1.165, 1.54) is 9.47 Å². The minimum Gasteiger partial charge on any atom is -0.506 e. The number of rotatable bonds is 9. The van der Waals surface area contributed by atoms with E-state index in [9.17, 15) is 19.8 Å². The van der Waals surface area contributed by atoms with Crippen LogP contribution in [0.3, 0.4) is 0 Å². The number of aliphatic hydroxyl groups is 5. The van der Waals surface area contributed by atoms with Crippen molar-refractivity contribution in [2.75, 3.05) is 31.6 Å². The van der Waals surface area contributed by atoms with E-state index in [1.54, 1.807) is 63.5 Å². The number of hydrogen-bond acceptors (Lipinski definition) is 9. The Labute approximate surface area is 224 Å². The largest absolute Gasteiger partial charge is 0.506 e. The molecule has 1 amide bonds. The van der Waals surface area contributed by atoms with Gasteiger partial charge in [-0.05, 0) is 38.2 Å². The molecule has 1 heterocycles. The van der Waals surface area contributed by atoms with Crippen LogP contribution in [0.1, 0.15) is 17.3 Å². The van der Waals surface area contributed by atoms with Gasteiger partial charge in [-0.25, -0.2) is 0 Å². The number of anilines is 1. The number of carbonyl (C=O) groups excluding carboxylic acids is 1. The highest BCUT2D eigenvalue weighted by Gasteiger charge is 2.29. The molecule has 0 aliphatic carbocycles. The van der Waals surface area contributed by atoms with E-state index in [0.29, 0.717) is 23.1 Å². The number of hydrogen-bond donors (Lipinski definition) is 7. The van der Waals surface area contributed by atoms with Crippen LogP contribution >= 0.6 is 11.6 Å². The monoisotopic (exact) mass is 551 g/mol. The summed E-state index contributed by atoms with van der Waals surface area (Å²) in [5.41, 5.74) is 0.269. The Morgan fingerprint density at radius 3 is 2.18 bits per heavy atom. The number of aromatic hydroxyl groups is 1. The van der Waals surface area contributed by atoms with Crippen molar-refractivity contribution in [3.05, 3.63) is 69.5 Å². The van der Waals surface area contributed by atoms with Gasteiger partial charge in [-0.3, -0.25) is 9.59 Å². The van der Waals surface area contributed by atoms with Gasteiger partial charge in [0.15, 0.2) is 0 Å². The van der Waals surface area contributed by atoms with E-state index in [-0.39, 0.29) is 22.9 Å². The summed E-state index contributed by atoms with van der Waals surface area (Å²) < 4.78 is 1.33. The van der Waals surface area contributed by atoms with Crippen LogP contribution < -0.4 is 15.8 Å². The first-order chi connectivity index (χ1) is 18.0. The number of amides is 1. The molecule has 3 aromatic rings. The van der Waals surface area contributed by atoms with Crippen molar-refractivity contribution in [2.24, 2.45) is 7.05 Å². The molecule has 38 heavy (non-hydrogen) atoms. The average molecular weight is 552 g/mol. The standard InChI is InChI=1S/C19H17ClN2O3.C7H17NO5/c1-3-22(12-8-5-4-6-9-12)19(25)16-17(23)15-13(20)10-7-11-14(15)21(2)18(16)24;1-8-2-4(10)6(12)7(13)5(11)3-9/h4-11,23H,3H2,1-2H3;4-13H,2-3H2,1H3/t;4-,5+,6+,7+/m.0/s1. The number of nitrogens with one attached hydrogen (secondary N) is 1.